The van der Waals surface area contributed by atoms with E-state index in [-0.39, 0.29) is 18.2 Å². The molecule has 0 unspecified atom stereocenters. The van der Waals surface area contributed by atoms with Crippen LogP contribution in [0.15, 0.2) is 24.3 Å². The van der Waals surface area contributed by atoms with Gasteiger partial charge in [0.05, 0.1) is 0 Å². The van der Waals surface area contributed by atoms with Gasteiger partial charge in [0.1, 0.15) is 0 Å². The quantitative estimate of drug-likeness (QED) is 0.414. The minimum Gasteiger partial charge on any atom is -1.00 e. The fourth-order valence-electron chi connectivity index (χ4n) is 0.538. The molecule has 1 rings (SSSR count). The van der Waals surface area contributed by atoms with Crippen LogP contribution in [-0.2, 0) is 0 Å². The van der Waals surface area contributed by atoms with Crippen molar-refractivity contribution in [2.75, 3.05) is 0 Å². The van der Waals surface area contributed by atoms with E-state index in [4.69, 9.17) is 0 Å². The largest absolute Gasteiger partial charge is 1.00 e. The molecule has 0 atom stereocenters. The Kier molecular flexibility index (Phi) is 3.10. The molecule has 1 aromatic carbocycles. The van der Waals surface area contributed by atoms with Crippen molar-refractivity contribution in [3.05, 3.63) is 29.8 Å². The van der Waals surface area contributed by atoms with E-state index in [1.54, 1.807) is 12.1 Å². The van der Waals surface area contributed by atoms with Crippen LogP contribution in [0.4, 0.5) is 0 Å². The van der Waals surface area contributed by atoms with Crippen LogP contribution in [0.3, 0.4) is 0 Å². The Labute approximate surface area is 60.7 Å². The highest BCUT2D eigenvalue weighted by molar-refractivity contribution is 5.23. The van der Waals surface area contributed by atoms with Crippen molar-refractivity contribution in [2.24, 2.45) is 0 Å². The van der Waals surface area contributed by atoms with Crippen molar-refractivity contribution in [2.45, 2.75) is 6.92 Å². The van der Waals surface area contributed by atoms with Crippen LogP contribution in [0.25, 0.3) is 0 Å². The Bertz CT molecular complexity index is 148. The van der Waals surface area contributed by atoms with Crippen molar-refractivity contribution in [1.82, 2.24) is 0 Å². The molecule has 0 heterocycles. The molecule has 1 aromatic rings. The second kappa shape index (κ2) is 3.36. The van der Waals surface area contributed by atoms with Gasteiger partial charge in [0.2, 0.25) is 0 Å². The molecule has 0 saturated carbocycles. The number of hydrogen-bond donors (Lipinski definition) is 0. The predicted molar refractivity (Wildman–Crippen MR) is 30.6 cm³/mol. The first-order chi connectivity index (χ1) is 3.79. The molecule has 1 nitrogen and oxygen atoms in total. The highest BCUT2D eigenvalue weighted by Gasteiger charge is 1.75. The molecule has 0 aliphatic heterocycles. The van der Waals surface area contributed by atoms with Gasteiger partial charge >= 0.3 is 0 Å². The monoisotopic (exact) mass is 142 g/mol. The molecule has 0 aliphatic carbocycles. The van der Waals surface area contributed by atoms with Crippen molar-refractivity contribution in [3.8, 4) is 5.75 Å². The van der Waals surface area contributed by atoms with E-state index in [0.29, 0.717) is 0 Å². The molecule has 0 saturated heterocycles. The van der Waals surface area contributed by atoms with Gasteiger partial charge in [-0.2, -0.15) is 0 Å². The maximum atomic E-state index is 10.4. The standard InChI is InChI=1S/C7H8O.ClH/c1-6-2-4-7(8)5-3-6;/h2-5,8H,1H3;1H/p-2. The Balaban J connectivity index is 0.000000640. The van der Waals surface area contributed by atoms with E-state index in [1.165, 1.54) is 0 Å². The summed E-state index contributed by atoms with van der Waals surface area (Å²) in [5, 5.41) is 10.4. The summed E-state index contributed by atoms with van der Waals surface area (Å²) >= 11 is 0. The van der Waals surface area contributed by atoms with Gasteiger partial charge in [-0.15, -0.1) is 5.75 Å². The van der Waals surface area contributed by atoms with Gasteiger partial charge in [-0.1, -0.05) is 29.8 Å². The average molecular weight is 143 g/mol. The molecule has 50 valence electrons. The average Bonchev–Trinajstić information content (AvgIpc) is 1.77. The minimum atomic E-state index is 0. The van der Waals surface area contributed by atoms with Crippen molar-refractivity contribution in [1.29, 1.82) is 0 Å². The summed E-state index contributed by atoms with van der Waals surface area (Å²) < 4.78 is 0. The van der Waals surface area contributed by atoms with E-state index in [1.807, 2.05) is 19.1 Å². The smallest absolute Gasteiger partial charge is 0.0398 e. The molecule has 0 N–H and O–H groups in total. The Morgan fingerprint density at radius 1 is 1.11 bits per heavy atom. The molecule has 9 heavy (non-hydrogen) atoms. The van der Waals surface area contributed by atoms with Gasteiger partial charge in [0, 0.05) is 0 Å². The third kappa shape index (κ3) is 2.38. The molecule has 0 aliphatic rings. The van der Waals surface area contributed by atoms with Crippen LogP contribution in [0, 0.1) is 6.92 Å². The zero-order chi connectivity index (χ0) is 5.98. The summed E-state index contributed by atoms with van der Waals surface area (Å²) in [5.41, 5.74) is 1.13. The van der Waals surface area contributed by atoms with Crippen LogP contribution in [0.2, 0.25) is 0 Å². The van der Waals surface area contributed by atoms with E-state index in [9.17, 15) is 5.11 Å². The summed E-state index contributed by atoms with van der Waals surface area (Å²) in [5.74, 6) is 0.0793. The molecule has 0 amide bonds. The van der Waals surface area contributed by atoms with Crippen molar-refractivity contribution < 1.29 is 17.5 Å². The highest BCUT2D eigenvalue weighted by atomic mass is 35.5. The zero-order valence-electron chi connectivity index (χ0n) is 5.10. The van der Waals surface area contributed by atoms with Gasteiger partial charge in [-0.05, 0) is 6.92 Å². The number of benzene rings is 1. The first-order valence-electron chi connectivity index (χ1n) is 2.53. The number of halogens is 1. The van der Waals surface area contributed by atoms with Crippen LogP contribution in [0.5, 0.6) is 5.75 Å². The predicted octanol–water partition coefficient (Wildman–Crippen LogP) is -1.93. The van der Waals surface area contributed by atoms with E-state index in [0.717, 1.165) is 5.56 Å². The summed E-state index contributed by atoms with van der Waals surface area (Å²) in [6.45, 7) is 1.96. The van der Waals surface area contributed by atoms with Gasteiger partial charge in [0.25, 0.3) is 0 Å². The zero-order valence-corrected chi connectivity index (χ0v) is 5.85. The minimum absolute atomic E-state index is 0. The van der Waals surface area contributed by atoms with Gasteiger partial charge in [-0.25, -0.2) is 0 Å². The third-order valence-corrected chi connectivity index (χ3v) is 1.02. The molecule has 0 fully saturated rings. The van der Waals surface area contributed by atoms with Crippen LogP contribution in [-0.4, -0.2) is 0 Å². The Morgan fingerprint density at radius 3 is 1.89 bits per heavy atom. The number of rotatable bonds is 0. The van der Waals surface area contributed by atoms with Crippen LogP contribution < -0.4 is 17.5 Å². The van der Waals surface area contributed by atoms with Crippen molar-refractivity contribution >= 4 is 0 Å². The molecule has 0 aromatic heterocycles. The summed E-state index contributed by atoms with van der Waals surface area (Å²) in [4.78, 5) is 0. The SMILES string of the molecule is Cc1ccc([O-])cc1.[Cl-]. The Morgan fingerprint density at radius 2 is 1.56 bits per heavy atom. The lowest BCUT2D eigenvalue weighted by molar-refractivity contribution is -0.268. The number of hydrogen-bond acceptors (Lipinski definition) is 1. The maximum Gasteiger partial charge on any atom is -0.0398 e. The topological polar surface area (TPSA) is 23.1 Å². The molecular weight excluding hydrogens is 136 g/mol. The summed E-state index contributed by atoms with van der Waals surface area (Å²) in [6, 6.07) is 6.75. The van der Waals surface area contributed by atoms with E-state index < -0.39 is 0 Å². The molecule has 0 bridgehead atoms. The fraction of sp³-hybridized carbons (Fsp3) is 0.143. The highest BCUT2D eigenvalue weighted by Crippen LogP contribution is 2.03. The van der Waals surface area contributed by atoms with Gasteiger partial charge in [0.15, 0.2) is 0 Å². The normalized spacial score (nSPS) is 8.11. The van der Waals surface area contributed by atoms with Gasteiger partial charge in [-0.3, -0.25) is 0 Å². The molecule has 2 heteroatoms. The molecule has 0 spiro atoms. The van der Waals surface area contributed by atoms with E-state index >= 15 is 0 Å². The summed E-state index contributed by atoms with van der Waals surface area (Å²) in [6.07, 6.45) is 0. The van der Waals surface area contributed by atoms with Crippen molar-refractivity contribution in [3.63, 3.8) is 0 Å². The van der Waals surface area contributed by atoms with Crippen LogP contribution in [0.1, 0.15) is 5.56 Å². The summed E-state index contributed by atoms with van der Waals surface area (Å²) in [7, 11) is 0. The first kappa shape index (κ1) is 8.31. The van der Waals surface area contributed by atoms with E-state index in [2.05, 4.69) is 0 Å². The van der Waals surface area contributed by atoms with Crippen LogP contribution >= 0.6 is 0 Å². The number of aryl methyl sites for hydroxylation is 1. The fourth-order valence-corrected chi connectivity index (χ4v) is 0.538. The Hall–Kier alpha value is -0.690. The molecular formula is C7H7ClO-2. The second-order valence-corrected chi connectivity index (χ2v) is 1.81. The van der Waals surface area contributed by atoms with Gasteiger partial charge < -0.3 is 17.5 Å². The maximum absolute atomic E-state index is 10.4. The molecule has 0 radical (unpaired) electrons. The lowest BCUT2D eigenvalue weighted by atomic mass is 10.2. The third-order valence-electron chi connectivity index (χ3n) is 1.02. The lowest BCUT2D eigenvalue weighted by Gasteiger charge is -2.01. The second-order valence-electron chi connectivity index (χ2n) is 1.81. The first-order valence-corrected chi connectivity index (χ1v) is 2.53. The lowest BCUT2D eigenvalue weighted by Crippen LogP contribution is -3.00.